The molecule has 0 unspecified atom stereocenters. The standard InChI is InChI=1S/C20H21NO5/c1-5-17(16-8-6-7-9-18(16)25-13-22)21(3)15-10-11-19(24-4)20(12-15)26-14(2)23/h5-13H,1-4H3/b17-5+. The number of para-hydroxylation sites is 1. The maximum absolute atomic E-state index is 11.3. The lowest BCUT2D eigenvalue weighted by Gasteiger charge is -2.25. The summed E-state index contributed by atoms with van der Waals surface area (Å²) >= 11 is 0. The Hall–Kier alpha value is -3.28. The Balaban J connectivity index is 2.45. The van der Waals surface area contributed by atoms with Crippen LogP contribution < -0.4 is 19.1 Å². The van der Waals surface area contributed by atoms with E-state index in [0.29, 0.717) is 23.7 Å². The minimum atomic E-state index is -0.431. The van der Waals surface area contributed by atoms with Crippen LogP contribution in [0.25, 0.3) is 5.70 Å². The van der Waals surface area contributed by atoms with Crippen molar-refractivity contribution in [3.8, 4) is 17.2 Å². The Morgan fingerprint density at radius 3 is 2.42 bits per heavy atom. The van der Waals surface area contributed by atoms with Crippen molar-refractivity contribution in [1.29, 1.82) is 0 Å². The maximum Gasteiger partial charge on any atom is 0.308 e. The Labute approximate surface area is 152 Å². The number of ether oxygens (including phenoxy) is 3. The number of rotatable bonds is 7. The molecule has 0 saturated heterocycles. The van der Waals surface area contributed by atoms with Crippen LogP contribution in [0.2, 0.25) is 0 Å². The second-order valence-electron chi connectivity index (χ2n) is 5.37. The number of methoxy groups -OCH3 is 1. The monoisotopic (exact) mass is 355 g/mol. The highest BCUT2D eigenvalue weighted by atomic mass is 16.6. The van der Waals surface area contributed by atoms with Crippen LogP contribution in [0.15, 0.2) is 48.5 Å². The van der Waals surface area contributed by atoms with Gasteiger partial charge in [0.05, 0.1) is 7.11 Å². The van der Waals surface area contributed by atoms with Gasteiger partial charge in [0.2, 0.25) is 0 Å². The van der Waals surface area contributed by atoms with Gasteiger partial charge in [-0.3, -0.25) is 9.59 Å². The molecule has 2 rings (SSSR count). The fourth-order valence-corrected chi connectivity index (χ4v) is 2.61. The van der Waals surface area contributed by atoms with E-state index in [1.165, 1.54) is 14.0 Å². The second kappa shape index (κ2) is 8.71. The molecule has 0 radical (unpaired) electrons. The van der Waals surface area contributed by atoms with Crippen LogP contribution in [-0.4, -0.2) is 26.6 Å². The fraction of sp³-hybridized carbons (Fsp3) is 0.200. The van der Waals surface area contributed by atoms with Crippen LogP contribution >= 0.6 is 0 Å². The molecule has 0 saturated carbocycles. The minimum absolute atomic E-state index is 0.331. The van der Waals surface area contributed by atoms with E-state index in [4.69, 9.17) is 14.2 Å². The van der Waals surface area contributed by atoms with Gasteiger partial charge in [-0.1, -0.05) is 18.2 Å². The first-order chi connectivity index (χ1) is 12.5. The quantitative estimate of drug-likeness (QED) is 0.429. The van der Waals surface area contributed by atoms with Crippen molar-refractivity contribution in [2.45, 2.75) is 13.8 Å². The third-order valence-electron chi connectivity index (χ3n) is 3.76. The average Bonchev–Trinajstić information content (AvgIpc) is 2.63. The van der Waals surface area contributed by atoms with Crippen molar-refractivity contribution in [1.82, 2.24) is 0 Å². The van der Waals surface area contributed by atoms with E-state index in [9.17, 15) is 9.59 Å². The lowest BCUT2D eigenvalue weighted by atomic mass is 10.1. The summed E-state index contributed by atoms with van der Waals surface area (Å²) in [6, 6.07) is 12.5. The summed E-state index contributed by atoms with van der Waals surface area (Å²) in [4.78, 5) is 24.0. The molecule has 2 aromatic rings. The van der Waals surface area contributed by atoms with Crippen molar-refractivity contribution in [2.24, 2.45) is 0 Å². The molecule has 6 heteroatoms. The molecule has 26 heavy (non-hydrogen) atoms. The lowest BCUT2D eigenvalue weighted by molar-refractivity contribution is -0.132. The number of hydrogen-bond donors (Lipinski definition) is 0. The van der Waals surface area contributed by atoms with E-state index in [0.717, 1.165) is 16.9 Å². The molecule has 0 fully saturated rings. The molecule has 136 valence electrons. The number of carbonyl (C=O) groups is 2. The molecular formula is C20H21NO5. The van der Waals surface area contributed by atoms with Crippen LogP contribution in [0.3, 0.4) is 0 Å². The van der Waals surface area contributed by atoms with Crippen molar-refractivity contribution < 1.29 is 23.8 Å². The number of anilines is 1. The van der Waals surface area contributed by atoms with Gasteiger partial charge in [-0.15, -0.1) is 0 Å². The van der Waals surface area contributed by atoms with Gasteiger partial charge < -0.3 is 19.1 Å². The van der Waals surface area contributed by atoms with Crippen LogP contribution in [0, 0.1) is 0 Å². The fourth-order valence-electron chi connectivity index (χ4n) is 2.61. The predicted octanol–water partition coefficient (Wildman–Crippen LogP) is 3.65. The van der Waals surface area contributed by atoms with Gasteiger partial charge in [-0.2, -0.15) is 0 Å². The van der Waals surface area contributed by atoms with Crippen LogP contribution in [-0.2, 0) is 9.59 Å². The highest BCUT2D eigenvalue weighted by molar-refractivity contribution is 5.83. The molecule has 0 aliphatic rings. The first-order valence-corrected chi connectivity index (χ1v) is 7.98. The smallest absolute Gasteiger partial charge is 0.308 e. The largest absolute Gasteiger partial charge is 0.493 e. The topological polar surface area (TPSA) is 65.1 Å². The molecule has 6 nitrogen and oxygen atoms in total. The highest BCUT2D eigenvalue weighted by Gasteiger charge is 2.16. The number of hydrogen-bond acceptors (Lipinski definition) is 6. The second-order valence-corrected chi connectivity index (χ2v) is 5.37. The van der Waals surface area contributed by atoms with Crippen molar-refractivity contribution >= 4 is 23.8 Å². The zero-order chi connectivity index (χ0) is 19.1. The van der Waals surface area contributed by atoms with Gasteiger partial charge in [0.15, 0.2) is 11.5 Å². The van der Waals surface area contributed by atoms with Crippen molar-refractivity contribution in [3.63, 3.8) is 0 Å². The normalized spacial score (nSPS) is 10.8. The Morgan fingerprint density at radius 2 is 1.81 bits per heavy atom. The maximum atomic E-state index is 11.3. The van der Waals surface area contributed by atoms with Gasteiger partial charge >= 0.3 is 5.97 Å². The molecule has 0 amide bonds. The Kier molecular flexibility index (Phi) is 6.38. The molecule has 0 aliphatic carbocycles. The van der Waals surface area contributed by atoms with Crippen molar-refractivity contribution in [3.05, 3.63) is 54.1 Å². The summed E-state index contributed by atoms with van der Waals surface area (Å²) in [6.45, 7) is 3.62. The number of esters is 1. The van der Waals surface area contributed by atoms with Crippen LogP contribution in [0.4, 0.5) is 5.69 Å². The number of nitrogens with zero attached hydrogens (tertiary/aromatic N) is 1. The summed E-state index contributed by atoms with van der Waals surface area (Å²) < 4.78 is 15.5. The molecule has 2 aromatic carbocycles. The molecule has 0 aliphatic heterocycles. The van der Waals surface area contributed by atoms with E-state index in [1.54, 1.807) is 24.3 Å². The summed E-state index contributed by atoms with van der Waals surface area (Å²) in [5.41, 5.74) is 2.35. The van der Waals surface area contributed by atoms with Gasteiger partial charge in [0.1, 0.15) is 5.75 Å². The summed E-state index contributed by atoms with van der Waals surface area (Å²) in [7, 11) is 3.38. The van der Waals surface area contributed by atoms with E-state index in [1.807, 2.05) is 43.1 Å². The summed E-state index contributed by atoms with van der Waals surface area (Å²) in [6.07, 6.45) is 1.91. The molecule has 0 N–H and O–H groups in total. The highest BCUT2D eigenvalue weighted by Crippen LogP contribution is 2.36. The van der Waals surface area contributed by atoms with Gasteiger partial charge in [0.25, 0.3) is 6.47 Å². The van der Waals surface area contributed by atoms with E-state index < -0.39 is 5.97 Å². The van der Waals surface area contributed by atoms with Gasteiger partial charge in [0, 0.05) is 37.0 Å². The van der Waals surface area contributed by atoms with E-state index in [-0.39, 0.29) is 0 Å². The molecule has 0 atom stereocenters. The van der Waals surface area contributed by atoms with Crippen LogP contribution in [0.1, 0.15) is 19.4 Å². The summed E-state index contributed by atoms with van der Waals surface area (Å²) in [5, 5.41) is 0. The van der Waals surface area contributed by atoms with Gasteiger partial charge in [-0.05, 0) is 31.2 Å². The number of carbonyl (C=O) groups excluding carboxylic acids is 2. The third-order valence-corrected chi connectivity index (χ3v) is 3.76. The lowest BCUT2D eigenvalue weighted by Crippen LogP contribution is -2.16. The summed E-state index contributed by atoms with van der Waals surface area (Å²) in [5.74, 6) is 0.816. The Bertz CT molecular complexity index is 829. The minimum Gasteiger partial charge on any atom is -0.493 e. The van der Waals surface area contributed by atoms with E-state index in [2.05, 4.69) is 0 Å². The first-order valence-electron chi connectivity index (χ1n) is 7.98. The molecule has 0 spiro atoms. The van der Waals surface area contributed by atoms with E-state index >= 15 is 0 Å². The zero-order valence-electron chi connectivity index (χ0n) is 15.2. The molecule has 0 heterocycles. The first kappa shape index (κ1) is 19.1. The zero-order valence-corrected chi connectivity index (χ0v) is 15.2. The van der Waals surface area contributed by atoms with Crippen molar-refractivity contribution in [2.75, 3.05) is 19.1 Å². The Morgan fingerprint density at radius 1 is 1.08 bits per heavy atom. The molecule has 0 aromatic heterocycles. The third kappa shape index (κ3) is 4.22. The predicted molar refractivity (Wildman–Crippen MR) is 99.5 cm³/mol. The van der Waals surface area contributed by atoms with Crippen LogP contribution in [0.5, 0.6) is 17.2 Å². The van der Waals surface area contributed by atoms with Gasteiger partial charge in [-0.25, -0.2) is 0 Å². The SMILES string of the molecule is C/C=C(\c1ccccc1OC=O)N(C)c1ccc(OC)c(OC(C)=O)c1. The number of benzene rings is 2. The molecular weight excluding hydrogens is 334 g/mol. The average molecular weight is 355 g/mol. The molecule has 0 bridgehead atoms. The number of allylic oxidation sites excluding steroid dienone is 1.